The summed E-state index contributed by atoms with van der Waals surface area (Å²) in [5.41, 5.74) is 0. The Hall–Kier alpha value is -0.340. The SMILES string of the molecule is C=CCN([O-])CC. The molecular formula is C5H10NO-. The number of hydroxylamine groups is 2. The topological polar surface area (TPSA) is 26.3 Å². The molecule has 0 bridgehead atoms. The monoisotopic (exact) mass is 100 g/mol. The van der Waals surface area contributed by atoms with Gasteiger partial charge in [-0.3, -0.25) is 0 Å². The summed E-state index contributed by atoms with van der Waals surface area (Å²) < 4.78 is 0. The van der Waals surface area contributed by atoms with Crippen molar-refractivity contribution in [3.63, 3.8) is 0 Å². The van der Waals surface area contributed by atoms with Crippen LogP contribution in [0.3, 0.4) is 0 Å². The van der Waals surface area contributed by atoms with E-state index < -0.39 is 0 Å². The molecule has 0 aromatic rings. The lowest BCUT2D eigenvalue weighted by molar-refractivity contribution is 0.442. The van der Waals surface area contributed by atoms with E-state index in [1.165, 1.54) is 0 Å². The molecule has 2 heteroatoms. The Morgan fingerprint density at radius 3 is 2.57 bits per heavy atom. The summed E-state index contributed by atoms with van der Waals surface area (Å²) in [6, 6.07) is 0. The van der Waals surface area contributed by atoms with Crippen LogP contribution in [-0.4, -0.2) is 18.2 Å². The van der Waals surface area contributed by atoms with Gasteiger partial charge in [-0.2, -0.15) is 0 Å². The van der Waals surface area contributed by atoms with Crippen molar-refractivity contribution < 1.29 is 0 Å². The van der Waals surface area contributed by atoms with Crippen LogP contribution in [0.2, 0.25) is 0 Å². The van der Waals surface area contributed by atoms with Gasteiger partial charge in [0.25, 0.3) is 0 Å². The largest absolute Gasteiger partial charge is 0.785 e. The molecule has 0 aromatic carbocycles. The number of hydrogen-bond acceptors (Lipinski definition) is 2. The van der Waals surface area contributed by atoms with Crippen LogP contribution in [0.15, 0.2) is 12.7 Å². The predicted molar refractivity (Wildman–Crippen MR) is 30.8 cm³/mol. The second-order valence-corrected chi connectivity index (χ2v) is 1.27. The van der Waals surface area contributed by atoms with Crippen LogP contribution >= 0.6 is 0 Å². The molecule has 2 nitrogen and oxygen atoms in total. The molecule has 0 saturated heterocycles. The predicted octanol–water partition coefficient (Wildman–Crippen LogP) is 0.992. The average Bonchev–Trinajstić information content (AvgIpc) is 1.68. The second kappa shape index (κ2) is 3.84. The Balaban J connectivity index is 2.98. The molecule has 0 saturated carbocycles. The van der Waals surface area contributed by atoms with Crippen molar-refractivity contribution in [3.05, 3.63) is 17.9 Å². The number of likely N-dealkylation sites (N-methyl/N-ethyl adjacent to an activating group) is 1. The smallest absolute Gasteiger partial charge is 0.00393 e. The third kappa shape index (κ3) is 3.49. The maximum absolute atomic E-state index is 10.3. The highest BCUT2D eigenvalue weighted by Crippen LogP contribution is 1.79. The zero-order valence-electron chi connectivity index (χ0n) is 4.55. The van der Waals surface area contributed by atoms with E-state index in [2.05, 4.69) is 6.58 Å². The molecule has 0 unspecified atom stereocenters. The Morgan fingerprint density at radius 2 is 2.43 bits per heavy atom. The summed E-state index contributed by atoms with van der Waals surface area (Å²) in [6.07, 6.45) is 1.59. The van der Waals surface area contributed by atoms with Gasteiger partial charge in [0, 0.05) is 6.54 Å². The molecule has 0 fully saturated rings. The molecule has 0 radical (unpaired) electrons. The minimum absolute atomic E-state index is 0.441. The zero-order valence-corrected chi connectivity index (χ0v) is 4.55. The fourth-order valence-corrected chi connectivity index (χ4v) is 0.273. The maximum atomic E-state index is 10.3. The Labute approximate surface area is 44.0 Å². The standard InChI is InChI=1S/C5H10NO/c1-3-5-6(7)4-2/h3H,1,4-5H2,2H3/q-1. The van der Waals surface area contributed by atoms with Crippen molar-refractivity contribution >= 4 is 0 Å². The summed E-state index contributed by atoms with van der Waals surface area (Å²) in [5, 5.41) is 11.2. The number of hydrogen-bond donors (Lipinski definition) is 0. The summed E-state index contributed by atoms with van der Waals surface area (Å²) in [6.45, 7) is 6.21. The van der Waals surface area contributed by atoms with Gasteiger partial charge in [-0.15, -0.1) is 6.58 Å². The first kappa shape index (κ1) is 6.66. The molecule has 0 spiro atoms. The Bertz CT molecular complexity index is 54.0. The highest BCUT2D eigenvalue weighted by Gasteiger charge is 1.75. The molecule has 0 atom stereocenters. The minimum Gasteiger partial charge on any atom is -0.785 e. The molecule has 0 amide bonds. The van der Waals surface area contributed by atoms with E-state index in [0.29, 0.717) is 13.1 Å². The fourth-order valence-electron chi connectivity index (χ4n) is 0.273. The van der Waals surface area contributed by atoms with Crippen LogP contribution in [0, 0.1) is 5.21 Å². The number of rotatable bonds is 3. The summed E-state index contributed by atoms with van der Waals surface area (Å²) in [5.74, 6) is 0. The molecule has 0 heterocycles. The lowest BCUT2D eigenvalue weighted by atomic mass is 10.6. The van der Waals surface area contributed by atoms with Gasteiger partial charge < -0.3 is 10.3 Å². The highest BCUT2D eigenvalue weighted by molar-refractivity contribution is 4.72. The highest BCUT2D eigenvalue weighted by atomic mass is 16.5. The van der Waals surface area contributed by atoms with Gasteiger partial charge >= 0.3 is 0 Å². The van der Waals surface area contributed by atoms with Crippen LogP contribution in [0.4, 0.5) is 0 Å². The third-order valence-electron chi connectivity index (χ3n) is 0.685. The first-order chi connectivity index (χ1) is 3.31. The normalized spacial score (nSPS) is 9.57. The number of nitrogens with zero attached hydrogens (tertiary/aromatic N) is 1. The van der Waals surface area contributed by atoms with E-state index in [1.54, 1.807) is 6.08 Å². The molecule has 0 N–H and O–H groups in total. The minimum atomic E-state index is 0.441. The van der Waals surface area contributed by atoms with Gasteiger partial charge in [-0.05, 0) is 6.54 Å². The van der Waals surface area contributed by atoms with Crippen molar-refractivity contribution in [1.82, 2.24) is 5.06 Å². The molecule has 0 aliphatic rings. The van der Waals surface area contributed by atoms with Gasteiger partial charge in [0.1, 0.15) is 0 Å². The van der Waals surface area contributed by atoms with Gasteiger partial charge in [0.15, 0.2) is 0 Å². The molecule has 0 aliphatic carbocycles. The van der Waals surface area contributed by atoms with Crippen LogP contribution < -0.4 is 0 Å². The van der Waals surface area contributed by atoms with Gasteiger partial charge in [0.05, 0.1) is 0 Å². The van der Waals surface area contributed by atoms with E-state index in [0.717, 1.165) is 5.06 Å². The lowest BCUT2D eigenvalue weighted by Gasteiger charge is -2.23. The zero-order chi connectivity index (χ0) is 5.70. The van der Waals surface area contributed by atoms with Crippen LogP contribution in [0.1, 0.15) is 6.92 Å². The summed E-state index contributed by atoms with van der Waals surface area (Å²) in [7, 11) is 0. The molecule has 7 heavy (non-hydrogen) atoms. The molecular weight excluding hydrogens is 90.1 g/mol. The lowest BCUT2D eigenvalue weighted by Crippen LogP contribution is -2.14. The van der Waals surface area contributed by atoms with Crippen LogP contribution in [0.5, 0.6) is 0 Å². The van der Waals surface area contributed by atoms with Crippen LogP contribution in [-0.2, 0) is 0 Å². The molecule has 0 rings (SSSR count). The Kier molecular flexibility index (Phi) is 3.65. The molecule has 0 aromatic heterocycles. The first-order valence-corrected chi connectivity index (χ1v) is 2.34. The van der Waals surface area contributed by atoms with Crippen molar-refractivity contribution in [2.75, 3.05) is 13.1 Å². The quantitative estimate of drug-likeness (QED) is 0.390. The van der Waals surface area contributed by atoms with Crippen LogP contribution in [0.25, 0.3) is 0 Å². The summed E-state index contributed by atoms with van der Waals surface area (Å²) in [4.78, 5) is 0. The van der Waals surface area contributed by atoms with E-state index in [9.17, 15) is 5.21 Å². The average molecular weight is 100 g/mol. The second-order valence-electron chi connectivity index (χ2n) is 1.27. The van der Waals surface area contributed by atoms with Crippen molar-refractivity contribution in [3.8, 4) is 0 Å². The van der Waals surface area contributed by atoms with Crippen molar-refractivity contribution in [2.24, 2.45) is 0 Å². The van der Waals surface area contributed by atoms with Gasteiger partial charge in [0.2, 0.25) is 0 Å². The maximum Gasteiger partial charge on any atom is 0.00393 e. The van der Waals surface area contributed by atoms with E-state index in [1.807, 2.05) is 6.92 Å². The van der Waals surface area contributed by atoms with Gasteiger partial charge in [-0.25, -0.2) is 0 Å². The van der Waals surface area contributed by atoms with Gasteiger partial charge in [-0.1, -0.05) is 13.0 Å². The van der Waals surface area contributed by atoms with E-state index >= 15 is 0 Å². The van der Waals surface area contributed by atoms with Crippen molar-refractivity contribution in [1.29, 1.82) is 0 Å². The first-order valence-electron chi connectivity index (χ1n) is 2.34. The van der Waals surface area contributed by atoms with E-state index in [-0.39, 0.29) is 0 Å². The molecule has 42 valence electrons. The van der Waals surface area contributed by atoms with E-state index in [4.69, 9.17) is 0 Å². The molecule has 0 aliphatic heterocycles. The third-order valence-corrected chi connectivity index (χ3v) is 0.685. The summed E-state index contributed by atoms with van der Waals surface area (Å²) >= 11 is 0. The fraction of sp³-hybridized carbons (Fsp3) is 0.600. The Morgan fingerprint density at radius 1 is 1.86 bits per heavy atom. The van der Waals surface area contributed by atoms with Crippen molar-refractivity contribution in [2.45, 2.75) is 6.92 Å².